The van der Waals surface area contributed by atoms with Crippen molar-refractivity contribution in [3.8, 4) is 11.3 Å². The van der Waals surface area contributed by atoms with Gasteiger partial charge in [-0.15, -0.1) is 0 Å². The van der Waals surface area contributed by atoms with Crippen molar-refractivity contribution in [2.45, 2.75) is 6.92 Å². The number of aryl methyl sites for hydroxylation is 1. The summed E-state index contributed by atoms with van der Waals surface area (Å²) < 4.78 is 5.12. The molecule has 0 aliphatic heterocycles. The summed E-state index contributed by atoms with van der Waals surface area (Å²) in [5.41, 5.74) is 8.39. The van der Waals surface area contributed by atoms with Crippen LogP contribution in [0, 0.1) is 6.92 Å². The fraction of sp³-hybridized carbons (Fsp3) is 0.0833. The first-order chi connectivity index (χ1) is 8.15. The Labute approximate surface area is 102 Å². The maximum absolute atomic E-state index is 6.35. The Balaban J connectivity index is 2.27. The molecule has 4 nitrogen and oxygen atoms in total. The first-order valence-corrected chi connectivity index (χ1v) is 5.53. The van der Waals surface area contributed by atoms with Gasteiger partial charge in [0.15, 0.2) is 11.6 Å². The Morgan fingerprint density at radius 2 is 2.18 bits per heavy atom. The van der Waals surface area contributed by atoms with E-state index in [9.17, 15) is 0 Å². The van der Waals surface area contributed by atoms with Crippen LogP contribution < -0.4 is 5.73 Å². The Kier molecular flexibility index (Phi) is 2.12. The average molecular weight is 248 g/mol. The fourth-order valence-electron chi connectivity index (χ4n) is 1.91. The van der Waals surface area contributed by atoms with Crippen LogP contribution in [0.15, 0.2) is 28.8 Å². The van der Waals surface area contributed by atoms with E-state index in [1.165, 1.54) is 0 Å². The van der Waals surface area contributed by atoms with E-state index in [-0.39, 0.29) is 0 Å². The third-order valence-electron chi connectivity index (χ3n) is 2.67. The van der Waals surface area contributed by atoms with Crippen LogP contribution in [0.1, 0.15) is 5.69 Å². The Morgan fingerprint density at radius 3 is 2.88 bits per heavy atom. The standard InChI is InChI=1S/C12H10ClN3O/c1-6-4-8-9(15-6)3-2-7(12(8)13)10-5-11(14)16-17-10/h2-5,15H,1H3,(H2,14,16). The summed E-state index contributed by atoms with van der Waals surface area (Å²) in [6.07, 6.45) is 0. The number of nitrogens with zero attached hydrogens (tertiary/aromatic N) is 1. The molecule has 3 aromatic rings. The molecule has 1 aromatic carbocycles. The molecule has 0 unspecified atom stereocenters. The van der Waals surface area contributed by atoms with E-state index in [0.717, 1.165) is 22.2 Å². The van der Waals surface area contributed by atoms with Gasteiger partial charge < -0.3 is 15.2 Å². The van der Waals surface area contributed by atoms with Crippen LogP contribution in [0.4, 0.5) is 5.82 Å². The molecule has 0 bridgehead atoms. The van der Waals surface area contributed by atoms with E-state index in [4.69, 9.17) is 21.9 Å². The highest BCUT2D eigenvalue weighted by Crippen LogP contribution is 2.35. The molecular formula is C12H10ClN3O. The van der Waals surface area contributed by atoms with Crippen molar-refractivity contribution in [1.29, 1.82) is 0 Å². The smallest absolute Gasteiger partial charge is 0.170 e. The number of nitrogens with one attached hydrogen (secondary N) is 1. The van der Waals surface area contributed by atoms with Crippen LogP contribution in [-0.4, -0.2) is 10.1 Å². The van der Waals surface area contributed by atoms with E-state index in [1.807, 2.05) is 25.1 Å². The molecule has 0 radical (unpaired) electrons. The van der Waals surface area contributed by atoms with Gasteiger partial charge in [0.25, 0.3) is 0 Å². The Bertz CT molecular complexity index is 699. The van der Waals surface area contributed by atoms with Crippen LogP contribution in [0.25, 0.3) is 22.2 Å². The van der Waals surface area contributed by atoms with Gasteiger partial charge in [-0.1, -0.05) is 16.8 Å². The molecule has 0 amide bonds. The number of aromatic amines is 1. The van der Waals surface area contributed by atoms with Gasteiger partial charge in [-0.3, -0.25) is 0 Å². The molecule has 0 saturated carbocycles. The number of nitrogens with two attached hydrogens (primary N) is 1. The molecule has 2 heterocycles. The highest BCUT2D eigenvalue weighted by Gasteiger charge is 2.12. The molecule has 86 valence electrons. The summed E-state index contributed by atoms with van der Waals surface area (Å²) in [5, 5.41) is 5.27. The second kappa shape index (κ2) is 3.53. The highest BCUT2D eigenvalue weighted by atomic mass is 35.5. The summed E-state index contributed by atoms with van der Waals surface area (Å²) in [7, 11) is 0. The zero-order chi connectivity index (χ0) is 12.0. The summed E-state index contributed by atoms with van der Waals surface area (Å²) in [4.78, 5) is 3.23. The molecular weight excluding hydrogens is 238 g/mol. The van der Waals surface area contributed by atoms with E-state index >= 15 is 0 Å². The van der Waals surface area contributed by atoms with Crippen LogP contribution >= 0.6 is 11.6 Å². The number of benzene rings is 1. The maximum Gasteiger partial charge on any atom is 0.170 e. The zero-order valence-electron chi connectivity index (χ0n) is 9.12. The minimum Gasteiger partial charge on any atom is -0.381 e. The molecule has 2 aromatic heterocycles. The molecule has 3 rings (SSSR count). The van der Waals surface area contributed by atoms with Gasteiger partial charge >= 0.3 is 0 Å². The van der Waals surface area contributed by atoms with Gasteiger partial charge in [0.2, 0.25) is 0 Å². The molecule has 3 N–H and O–H groups in total. The third kappa shape index (κ3) is 1.57. The molecule has 0 saturated heterocycles. The van der Waals surface area contributed by atoms with Gasteiger partial charge in [0.05, 0.1) is 5.02 Å². The summed E-state index contributed by atoms with van der Waals surface area (Å²) >= 11 is 6.35. The van der Waals surface area contributed by atoms with E-state index < -0.39 is 0 Å². The van der Waals surface area contributed by atoms with Crippen molar-refractivity contribution >= 4 is 28.3 Å². The number of fused-ring (bicyclic) bond motifs is 1. The second-order valence-electron chi connectivity index (χ2n) is 3.96. The lowest BCUT2D eigenvalue weighted by atomic mass is 10.1. The molecule has 0 atom stereocenters. The van der Waals surface area contributed by atoms with Gasteiger partial charge in [0, 0.05) is 28.2 Å². The molecule has 0 aliphatic rings. The lowest BCUT2D eigenvalue weighted by molar-refractivity contribution is 0.436. The fourth-order valence-corrected chi connectivity index (χ4v) is 2.23. The number of rotatable bonds is 1. The molecule has 0 spiro atoms. The SMILES string of the molecule is Cc1cc2c(Cl)c(-c3cc(N)no3)ccc2[nH]1. The van der Waals surface area contributed by atoms with E-state index in [1.54, 1.807) is 6.07 Å². The predicted molar refractivity (Wildman–Crippen MR) is 68.0 cm³/mol. The minimum atomic E-state index is 0.349. The van der Waals surface area contributed by atoms with Crippen LogP contribution in [0.5, 0.6) is 0 Å². The van der Waals surface area contributed by atoms with Crippen molar-refractivity contribution in [3.63, 3.8) is 0 Å². The van der Waals surface area contributed by atoms with Crippen LogP contribution in [-0.2, 0) is 0 Å². The van der Waals surface area contributed by atoms with E-state index in [2.05, 4.69) is 10.1 Å². The number of hydrogen-bond donors (Lipinski definition) is 2. The Morgan fingerprint density at radius 1 is 1.35 bits per heavy atom. The second-order valence-corrected chi connectivity index (χ2v) is 4.33. The largest absolute Gasteiger partial charge is 0.381 e. The van der Waals surface area contributed by atoms with Gasteiger partial charge in [-0.25, -0.2) is 0 Å². The quantitative estimate of drug-likeness (QED) is 0.693. The normalized spacial score (nSPS) is 11.2. The van der Waals surface area contributed by atoms with Gasteiger partial charge in [0.1, 0.15) is 0 Å². The lowest BCUT2D eigenvalue weighted by Crippen LogP contribution is -1.80. The number of anilines is 1. The van der Waals surface area contributed by atoms with Crippen molar-refractivity contribution in [2.24, 2.45) is 0 Å². The minimum absolute atomic E-state index is 0.349. The van der Waals surface area contributed by atoms with Crippen molar-refractivity contribution in [3.05, 3.63) is 35.0 Å². The first kappa shape index (κ1) is 10.2. The van der Waals surface area contributed by atoms with Crippen molar-refractivity contribution in [2.75, 3.05) is 5.73 Å². The van der Waals surface area contributed by atoms with Crippen LogP contribution in [0.3, 0.4) is 0 Å². The summed E-state index contributed by atoms with van der Waals surface area (Å²) in [5.74, 6) is 0.926. The number of nitrogen functional groups attached to an aromatic ring is 1. The van der Waals surface area contributed by atoms with E-state index in [0.29, 0.717) is 16.6 Å². The molecule has 5 heteroatoms. The number of H-pyrrole nitrogens is 1. The number of hydrogen-bond acceptors (Lipinski definition) is 3. The lowest BCUT2D eigenvalue weighted by Gasteiger charge is -2.00. The Hall–Kier alpha value is -1.94. The summed E-state index contributed by atoms with van der Waals surface area (Å²) in [6.45, 7) is 1.99. The average Bonchev–Trinajstić information content (AvgIpc) is 2.85. The van der Waals surface area contributed by atoms with Crippen molar-refractivity contribution in [1.82, 2.24) is 10.1 Å². The van der Waals surface area contributed by atoms with Crippen LogP contribution in [0.2, 0.25) is 5.02 Å². The highest BCUT2D eigenvalue weighted by molar-refractivity contribution is 6.38. The topological polar surface area (TPSA) is 67.8 Å². The number of halogens is 1. The first-order valence-electron chi connectivity index (χ1n) is 5.15. The predicted octanol–water partition coefficient (Wildman–Crippen LogP) is 3.37. The molecule has 0 aliphatic carbocycles. The van der Waals surface area contributed by atoms with Crippen molar-refractivity contribution < 1.29 is 4.52 Å². The zero-order valence-corrected chi connectivity index (χ0v) is 9.88. The summed E-state index contributed by atoms with van der Waals surface area (Å²) in [6, 6.07) is 7.51. The monoisotopic (exact) mass is 247 g/mol. The number of aromatic nitrogens is 2. The molecule has 0 fully saturated rings. The molecule has 17 heavy (non-hydrogen) atoms. The van der Waals surface area contributed by atoms with Gasteiger partial charge in [-0.05, 0) is 25.1 Å². The third-order valence-corrected chi connectivity index (χ3v) is 3.07. The maximum atomic E-state index is 6.35. The van der Waals surface area contributed by atoms with Gasteiger partial charge in [-0.2, -0.15) is 0 Å².